The Bertz CT molecular complexity index is 1020. The van der Waals surface area contributed by atoms with Crippen LogP contribution in [0.3, 0.4) is 0 Å². The van der Waals surface area contributed by atoms with E-state index in [1.54, 1.807) is 30.1 Å². The molecule has 3 aliphatic rings. The predicted molar refractivity (Wildman–Crippen MR) is 124 cm³/mol. The van der Waals surface area contributed by atoms with Crippen LogP contribution in [0.5, 0.6) is 0 Å². The predicted octanol–water partition coefficient (Wildman–Crippen LogP) is 3.04. The highest BCUT2D eigenvalue weighted by atomic mass is 32.2. The minimum absolute atomic E-state index is 0.0223. The highest BCUT2D eigenvalue weighted by molar-refractivity contribution is 7.89. The largest absolute Gasteiger partial charge is 0.353 e. The monoisotopic (exact) mass is 461 g/mol. The number of nitrogens with zero attached hydrogens (tertiary/aromatic N) is 2. The summed E-state index contributed by atoms with van der Waals surface area (Å²) in [6, 6.07) is 5.12. The first-order chi connectivity index (χ1) is 15.0. The first kappa shape index (κ1) is 23.2. The van der Waals surface area contributed by atoms with Gasteiger partial charge in [-0.3, -0.25) is 9.59 Å². The van der Waals surface area contributed by atoms with Gasteiger partial charge in [-0.1, -0.05) is 19.8 Å². The molecule has 1 aromatic rings. The number of benzene rings is 1. The molecule has 2 amide bonds. The van der Waals surface area contributed by atoms with Crippen LogP contribution in [-0.4, -0.2) is 50.7 Å². The number of carbonyl (C=O) groups excluding carboxylic acids is 2. The van der Waals surface area contributed by atoms with Gasteiger partial charge >= 0.3 is 0 Å². The third kappa shape index (κ3) is 3.96. The van der Waals surface area contributed by atoms with Crippen molar-refractivity contribution in [2.45, 2.75) is 75.6 Å². The number of amides is 2. The molecule has 7 nitrogen and oxygen atoms in total. The van der Waals surface area contributed by atoms with Gasteiger partial charge in [-0.25, -0.2) is 8.42 Å². The molecule has 0 bridgehead atoms. The van der Waals surface area contributed by atoms with Crippen molar-refractivity contribution >= 4 is 27.5 Å². The zero-order valence-electron chi connectivity index (χ0n) is 19.6. The highest BCUT2D eigenvalue weighted by Crippen LogP contribution is 2.42. The van der Waals surface area contributed by atoms with E-state index in [-0.39, 0.29) is 35.2 Å². The fourth-order valence-electron chi connectivity index (χ4n) is 5.47. The lowest BCUT2D eigenvalue weighted by Gasteiger charge is -2.34. The second-order valence-electron chi connectivity index (χ2n) is 10.2. The topological polar surface area (TPSA) is 86.8 Å². The van der Waals surface area contributed by atoms with Crippen molar-refractivity contribution in [1.82, 2.24) is 9.62 Å². The van der Waals surface area contributed by atoms with E-state index >= 15 is 0 Å². The van der Waals surface area contributed by atoms with Gasteiger partial charge < -0.3 is 10.2 Å². The standard InChI is InChI=1S/C24H35N3O4S/c1-16-8-5-6-10-20(16)25-22(28)17-9-7-13-27(15-17)32(30,31)18-11-12-21-19(14-18)24(2,3)23(29)26(21)4/h11-12,14,16-17,20H,5-10,13,15H2,1-4H3,(H,25,28)/t16-,17+,20+/m1/s1. The molecular weight excluding hydrogens is 426 g/mol. The summed E-state index contributed by atoms with van der Waals surface area (Å²) in [6.07, 6.45) is 5.83. The van der Waals surface area contributed by atoms with Crippen LogP contribution in [0.1, 0.15) is 64.9 Å². The van der Waals surface area contributed by atoms with Crippen molar-refractivity contribution in [3.63, 3.8) is 0 Å². The van der Waals surface area contributed by atoms with Crippen molar-refractivity contribution in [3.8, 4) is 0 Å². The first-order valence-corrected chi connectivity index (χ1v) is 13.2. The molecule has 1 aromatic carbocycles. The number of hydrogen-bond donors (Lipinski definition) is 1. The van der Waals surface area contributed by atoms with Crippen LogP contribution in [0.2, 0.25) is 0 Å². The van der Waals surface area contributed by atoms with Crippen LogP contribution in [0, 0.1) is 11.8 Å². The molecular formula is C24H35N3O4S. The van der Waals surface area contributed by atoms with Gasteiger partial charge in [-0.2, -0.15) is 4.31 Å². The van der Waals surface area contributed by atoms with Gasteiger partial charge in [0.05, 0.1) is 16.2 Å². The van der Waals surface area contributed by atoms with Gasteiger partial charge in [0.15, 0.2) is 0 Å². The molecule has 8 heteroatoms. The van der Waals surface area contributed by atoms with E-state index in [0.29, 0.717) is 25.3 Å². The summed E-state index contributed by atoms with van der Waals surface area (Å²) in [5.41, 5.74) is 0.705. The Morgan fingerprint density at radius 3 is 2.56 bits per heavy atom. The smallest absolute Gasteiger partial charge is 0.243 e. The van der Waals surface area contributed by atoms with Crippen molar-refractivity contribution in [1.29, 1.82) is 0 Å². The van der Waals surface area contributed by atoms with Crippen LogP contribution in [0.25, 0.3) is 0 Å². The van der Waals surface area contributed by atoms with Gasteiger partial charge in [-0.05, 0) is 69.2 Å². The number of rotatable bonds is 4. The van der Waals surface area contributed by atoms with E-state index in [1.165, 1.54) is 10.7 Å². The number of anilines is 1. The van der Waals surface area contributed by atoms with Crippen molar-refractivity contribution in [2.24, 2.45) is 11.8 Å². The lowest BCUT2D eigenvalue weighted by atomic mass is 9.85. The molecule has 2 fully saturated rings. The Hall–Kier alpha value is -1.93. The van der Waals surface area contributed by atoms with Crippen LogP contribution in [0.4, 0.5) is 5.69 Å². The fraction of sp³-hybridized carbons (Fsp3) is 0.667. The molecule has 2 heterocycles. The Balaban J connectivity index is 1.52. The molecule has 4 rings (SSSR count). The Morgan fingerprint density at radius 2 is 1.84 bits per heavy atom. The van der Waals surface area contributed by atoms with Crippen LogP contribution in [0.15, 0.2) is 23.1 Å². The Labute approximate surface area is 191 Å². The summed E-state index contributed by atoms with van der Waals surface area (Å²) >= 11 is 0. The molecule has 2 aliphatic heterocycles. The van der Waals surface area contributed by atoms with E-state index in [0.717, 1.165) is 30.5 Å². The number of fused-ring (bicyclic) bond motifs is 1. The van der Waals surface area contributed by atoms with Crippen LogP contribution < -0.4 is 10.2 Å². The number of likely N-dealkylation sites (N-methyl/N-ethyl adjacent to an activating group) is 1. The molecule has 1 saturated carbocycles. The quantitative estimate of drug-likeness (QED) is 0.747. The fourth-order valence-corrected chi connectivity index (χ4v) is 7.02. The number of carbonyl (C=O) groups is 2. The second-order valence-corrected chi connectivity index (χ2v) is 12.2. The zero-order chi connectivity index (χ0) is 23.3. The van der Waals surface area contributed by atoms with E-state index in [9.17, 15) is 18.0 Å². The third-order valence-corrected chi connectivity index (χ3v) is 9.53. The number of piperidine rings is 1. The molecule has 0 spiro atoms. The number of hydrogen-bond acceptors (Lipinski definition) is 4. The maximum atomic E-state index is 13.5. The van der Waals surface area contributed by atoms with Gasteiger partial charge in [0, 0.05) is 31.9 Å². The van der Waals surface area contributed by atoms with Crippen molar-refractivity contribution in [3.05, 3.63) is 23.8 Å². The number of sulfonamides is 1. The molecule has 32 heavy (non-hydrogen) atoms. The molecule has 1 N–H and O–H groups in total. The van der Waals surface area contributed by atoms with E-state index < -0.39 is 15.4 Å². The van der Waals surface area contributed by atoms with E-state index in [4.69, 9.17) is 0 Å². The summed E-state index contributed by atoms with van der Waals surface area (Å²) in [4.78, 5) is 27.3. The summed E-state index contributed by atoms with van der Waals surface area (Å²) in [6.45, 7) is 6.43. The minimum atomic E-state index is -3.76. The normalized spacial score (nSPS) is 28.4. The third-order valence-electron chi connectivity index (χ3n) is 7.67. The Kier molecular flexibility index (Phi) is 6.13. The SMILES string of the molecule is C[C@@H]1CCCC[C@@H]1NC(=O)[C@H]1CCCN(S(=O)(=O)c2ccc3c(c2)C(C)(C)C(=O)N3C)C1. The average molecular weight is 462 g/mol. The lowest BCUT2D eigenvalue weighted by Crippen LogP contribution is -2.49. The highest BCUT2D eigenvalue weighted by Gasteiger charge is 2.43. The van der Waals surface area contributed by atoms with Crippen molar-refractivity contribution < 1.29 is 18.0 Å². The average Bonchev–Trinajstić information content (AvgIpc) is 2.95. The van der Waals surface area contributed by atoms with E-state index in [2.05, 4.69) is 12.2 Å². The molecule has 0 aromatic heterocycles. The molecule has 1 aliphatic carbocycles. The summed E-state index contributed by atoms with van der Waals surface area (Å²) in [5.74, 6) is 0.0672. The van der Waals surface area contributed by atoms with Crippen LogP contribution in [-0.2, 0) is 25.0 Å². The number of nitrogens with one attached hydrogen (secondary N) is 1. The maximum absolute atomic E-state index is 13.5. The minimum Gasteiger partial charge on any atom is -0.353 e. The van der Waals surface area contributed by atoms with Crippen LogP contribution >= 0.6 is 0 Å². The van der Waals surface area contributed by atoms with Gasteiger partial charge in [0.1, 0.15) is 0 Å². The Morgan fingerprint density at radius 1 is 1.12 bits per heavy atom. The molecule has 176 valence electrons. The molecule has 1 saturated heterocycles. The molecule has 0 unspecified atom stereocenters. The first-order valence-electron chi connectivity index (χ1n) is 11.8. The van der Waals surface area contributed by atoms with Gasteiger partial charge in [-0.15, -0.1) is 0 Å². The summed E-state index contributed by atoms with van der Waals surface area (Å²) in [5, 5.41) is 3.20. The van der Waals surface area contributed by atoms with Gasteiger partial charge in [0.2, 0.25) is 21.8 Å². The zero-order valence-corrected chi connectivity index (χ0v) is 20.4. The lowest BCUT2D eigenvalue weighted by molar-refractivity contribution is -0.127. The maximum Gasteiger partial charge on any atom is 0.243 e. The summed E-state index contributed by atoms with van der Waals surface area (Å²) < 4.78 is 28.4. The summed E-state index contributed by atoms with van der Waals surface area (Å²) in [7, 11) is -2.04. The van der Waals surface area contributed by atoms with Gasteiger partial charge in [0.25, 0.3) is 0 Å². The molecule has 0 radical (unpaired) electrons. The van der Waals surface area contributed by atoms with E-state index in [1.807, 2.05) is 13.8 Å². The van der Waals surface area contributed by atoms with Crippen molar-refractivity contribution in [2.75, 3.05) is 25.0 Å². The second kappa shape index (κ2) is 8.45. The molecule has 3 atom stereocenters.